The maximum Gasteiger partial charge on any atom is 0.223 e. The van der Waals surface area contributed by atoms with Crippen molar-refractivity contribution in [1.82, 2.24) is 0 Å². The fourth-order valence-electron chi connectivity index (χ4n) is 1.61. The maximum absolute atomic E-state index is 11.1. The van der Waals surface area contributed by atoms with Crippen molar-refractivity contribution in [2.45, 2.75) is 6.42 Å². The summed E-state index contributed by atoms with van der Waals surface area (Å²) in [4.78, 5) is 13.6. The fourth-order valence-corrected chi connectivity index (χ4v) is 1.61. The van der Waals surface area contributed by atoms with Gasteiger partial charge in [0.1, 0.15) is 0 Å². The molecule has 0 saturated carbocycles. The number of hydrogen-bond acceptors (Lipinski definition) is 1. The molecule has 0 unspecified atom stereocenters. The van der Waals surface area contributed by atoms with Crippen molar-refractivity contribution in [3.8, 4) is 0 Å². The highest BCUT2D eigenvalue weighted by Gasteiger charge is 2.01. The zero-order chi connectivity index (χ0) is 11.4. The van der Waals surface area contributed by atoms with Crippen LogP contribution >= 0.6 is 0 Å². The van der Waals surface area contributed by atoms with Gasteiger partial charge in [-0.2, -0.15) is 0 Å². The van der Waals surface area contributed by atoms with Gasteiger partial charge >= 0.3 is 0 Å². The van der Waals surface area contributed by atoms with Crippen LogP contribution in [0, 0.1) is 0 Å². The zero-order valence-electron chi connectivity index (χ0n) is 8.50. The van der Waals surface area contributed by atoms with Crippen molar-refractivity contribution < 1.29 is 4.79 Å². The molecule has 0 radical (unpaired) electrons. The first-order chi connectivity index (χ1) is 7.79. The summed E-state index contributed by atoms with van der Waals surface area (Å²) in [5.74, 6) is -0.460. The van der Waals surface area contributed by atoms with Crippen LogP contribution in [0.1, 0.15) is 5.56 Å². The molecule has 0 atom stereocenters. The average Bonchev–Trinajstić information content (AvgIpc) is 2.29. The molecule has 4 nitrogen and oxygen atoms in total. The summed E-state index contributed by atoms with van der Waals surface area (Å²) in [5.41, 5.74) is 8.98. The van der Waals surface area contributed by atoms with Crippen LogP contribution < -0.4 is 0 Å². The molecule has 2 aromatic carbocycles. The van der Waals surface area contributed by atoms with Gasteiger partial charge in [-0.3, -0.25) is 4.79 Å². The summed E-state index contributed by atoms with van der Waals surface area (Å²) in [6, 6.07) is 13.7. The summed E-state index contributed by atoms with van der Waals surface area (Å²) in [5, 5.41) is 5.25. The van der Waals surface area contributed by atoms with Crippen molar-refractivity contribution in [3.05, 3.63) is 58.5 Å². The molecule has 4 heteroatoms. The van der Waals surface area contributed by atoms with Gasteiger partial charge in [0.05, 0.1) is 0 Å². The van der Waals surface area contributed by atoms with E-state index in [0.29, 0.717) is 0 Å². The minimum Gasteiger partial charge on any atom is -0.292 e. The number of carbonyl (C=O) groups is 1. The molecule has 1 amide bonds. The lowest BCUT2D eigenvalue weighted by Gasteiger charge is -2.00. The van der Waals surface area contributed by atoms with Crippen molar-refractivity contribution in [3.63, 3.8) is 0 Å². The van der Waals surface area contributed by atoms with Gasteiger partial charge in [0, 0.05) is 11.3 Å². The van der Waals surface area contributed by atoms with E-state index in [-0.39, 0.29) is 6.42 Å². The Morgan fingerprint density at radius 1 is 1.19 bits per heavy atom. The number of amides is 1. The van der Waals surface area contributed by atoms with Gasteiger partial charge in [-0.15, -0.1) is 0 Å². The number of carbonyl (C=O) groups excluding carboxylic acids is 1. The third kappa shape index (κ3) is 2.19. The third-order valence-corrected chi connectivity index (χ3v) is 2.33. The first-order valence-electron chi connectivity index (χ1n) is 4.85. The van der Waals surface area contributed by atoms with E-state index < -0.39 is 5.91 Å². The number of azide groups is 1. The summed E-state index contributed by atoms with van der Waals surface area (Å²) in [7, 11) is 0. The third-order valence-electron chi connectivity index (χ3n) is 2.33. The van der Waals surface area contributed by atoms with E-state index in [0.717, 1.165) is 16.3 Å². The van der Waals surface area contributed by atoms with Crippen molar-refractivity contribution in [2.75, 3.05) is 0 Å². The Balaban J connectivity index is 2.32. The van der Waals surface area contributed by atoms with E-state index in [4.69, 9.17) is 5.53 Å². The molecule has 0 spiro atoms. The topological polar surface area (TPSA) is 65.8 Å². The van der Waals surface area contributed by atoms with Crippen LogP contribution in [-0.4, -0.2) is 5.91 Å². The smallest absolute Gasteiger partial charge is 0.223 e. The number of benzene rings is 2. The van der Waals surface area contributed by atoms with Gasteiger partial charge in [-0.1, -0.05) is 42.5 Å². The van der Waals surface area contributed by atoms with E-state index in [2.05, 4.69) is 10.0 Å². The molecule has 0 saturated heterocycles. The second-order valence-corrected chi connectivity index (χ2v) is 3.44. The molecule has 0 bridgehead atoms. The second kappa shape index (κ2) is 4.47. The number of hydrogen-bond donors (Lipinski definition) is 0. The van der Waals surface area contributed by atoms with Crippen LogP contribution in [-0.2, 0) is 11.2 Å². The summed E-state index contributed by atoms with van der Waals surface area (Å²) in [6.07, 6.45) is 0.148. The van der Waals surface area contributed by atoms with Gasteiger partial charge in [0.15, 0.2) is 0 Å². The van der Waals surface area contributed by atoms with Crippen molar-refractivity contribution in [2.24, 2.45) is 5.11 Å². The fraction of sp³-hybridized carbons (Fsp3) is 0.0833. The van der Waals surface area contributed by atoms with Crippen LogP contribution in [0.4, 0.5) is 0 Å². The second-order valence-electron chi connectivity index (χ2n) is 3.44. The average molecular weight is 211 g/mol. The molecule has 78 valence electrons. The lowest BCUT2D eigenvalue weighted by molar-refractivity contribution is -0.117. The van der Waals surface area contributed by atoms with Gasteiger partial charge in [0.2, 0.25) is 5.91 Å². The van der Waals surface area contributed by atoms with Crippen molar-refractivity contribution in [1.29, 1.82) is 0 Å². The van der Waals surface area contributed by atoms with Crippen LogP contribution in [0.15, 0.2) is 47.6 Å². The Morgan fingerprint density at radius 2 is 1.94 bits per heavy atom. The zero-order valence-corrected chi connectivity index (χ0v) is 8.50. The quantitative estimate of drug-likeness (QED) is 0.427. The monoisotopic (exact) mass is 211 g/mol. The summed E-state index contributed by atoms with van der Waals surface area (Å²) in [6.45, 7) is 0. The highest BCUT2D eigenvalue weighted by Crippen LogP contribution is 2.16. The van der Waals surface area contributed by atoms with E-state index in [1.165, 1.54) is 0 Å². The molecule has 0 N–H and O–H groups in total. The molecule has 16 heavy (non-hydrogen) atoms. The predicted molar refractivity (Wildman–Crippen MR) is 61.8 cm³/mol. The predicted octanol–water partition coefficient (Wildman–Crippen LogP) is 3.22. The molecule has 2 rings (SSSR count). The highest BCUT2D eigenvalue weighted by molar-refractivity contribution is 5.85. The summed E-state index contributed by atoms with van der Waals surface area (Å²) < 4.78 is 0. The van der Waals surface area contributed by atoms with E-state index >= 15 is 0 Å². The Bertz CT molecular complexity index is 586. The van der Waals surface area contributed by atoms with Crippen LogP contribution in [0.3, 0.4) is 0 Å². The van der Waals surface area contributed by atoms with E-state index in [9.17, 15) is 4.79 Å². The van der Waals surface area contributed by atoms with Crippen molar-refractivity contribution >= 4 is 16.7 Å². The van der Waals surface area contributed by atoms with E-state index in [1.54, 1.807) is 0 Å². The summed E-state index contributed by atoms with van der Waals surface area (Å²) >= 11 is 0. The Kier molecular flexibility index (Phi) is 2.85. The van der Waals surface area contributed by atoms with Gasteiger partial charge in [0.25, 0.3) is 0 Å². The van der Waals surface area contributed by atoms with Crippen LogP contribution in [0.25, 0.3) is 21.2 Å². The minimum atomic E-state index is -0.460. The Hall–Kier alpha value is -2.32. The maximum atomic E-state index is 11.1. The molecule has 0 aliphatic rings. The molecule has 0 heterocycles. The molecular weight excluding hydrogens is 202 g/mol. The van der Waals surface area contributed by atoms with Gasteiger partial charge < -0.3 is 0 Å². The lowest BCUT2D eigenvalue weighted by Crippen LogP contribution is -1.97. The van der Waals surface area contributed by atoms with E-state index in [1.807, 2.05) is 42.5 Å². The number of fused-ring (bicyclic) bond motifs is 1. The van der Waals surface area contributed by atoms with Gasteiger partial charge in [-0.25, -0.2) is 0 Å². The SMILES string of the molecule is [N-]=[N+]=NC(=O)Cc1ccc2ccccc2c1. The molecule has 0 aliphatic carbocycles. The first kappa shape index (κ1) is 10.2. The Labute approximate surface area is 92.1 Å². The molecule has 0 fully saturated rings. The normalized spacial score (nSPS) is 9.75. The highest BCUT2D eigenvalue weighted by atomic mass is 16.1. The largest absolute Gasteiger partial charge is 0.292 e. The molecular formula is C12H9N3O. The number of rotatable bonds is 2. The Morgan fingerprint density at radius 3 is 2.69 bits per heavy atom. The standard InChI is InChI=1S/C12H9N3O/c13-15-14-12(16)8-9-5-6-10-3-1-2-4-11(10)7-9/h1-7H,8H2. The first-order valence-corrected chi connectivity index (χ1v) is 4.85. The number of nitrogens with zero attached hydrogens (tertiary/aromatic N) is 3. The minimum absolute atomic E-state index is 0.148. The molecule has 0 aromatic heterocycles. The molecule has 2 aromatic rings. The van der Waals surface area contributed by atoms with Gasteiger partial charge in [-0.05, 0) is 27.0 Å². The van der Waals surface area contributed by atoms with Crippen LogP contribution in [0.5, 0.6) is 0 Å². The lowest BCUT2D eigenvalue weighted by atomic mass is 10.1. The molecule has 0 aliphatic heterocycles. The van der Waals surface area contributed by atoms with Crippen LogP contribution in [0.2, 0.25) is 0 Å².